The van der Waals surface area contributed by atoms with E-state index in [-0.39, 0.29) is 29.1 Å². The van der Waals surface area contributed by atoms with E-state index in [1.807, 2.05) is 6.92 Å². The number of nitrogens with one attached hydrogen (secondary N) is 2. The second-order valence-electron chi connectivity index (χ2n) is 4.81. The quantitative estimate of drug-likeness (QED) is 0.856. The first-order valence-electron chi connectivity index (χ1n) is 6.36. The molecule has 1 aliphatic rings. The van der Waals surface area contributed by atoms with Crippen LogP contribution in [0, 0.1) is 23.1 Å². The third-order valence-corrected chi connectivity index (χ3v) is 3.44. The smallest absolute Gasteiger partial charge is 0.241 e. The summed E-state index contributed by atoms with van der Waals surface area (Å²) < 4.78 is 13.4. The summed E-state index contributed by atoms with van der Waals surface area (Å²) in [6.07, 6.45) is 2.04. The summed E-state index contributed by atoms with van der Waals surface area (Å²) in [5, 5.41) is 14.7. The molecule has 1 amide bonds. The molecule has 0 spiro atoms. The number of halogens is 1. The number of carbonyl (C=O) groups excluding carboxylic acids is 1. The van der Waals surface area contributed by atoms with Crippen molar-refractivity contribution in [3.05, 3.63) is 29.6 Å². The van der Waals surface area contributed by atoms with E-state index in [0.717, 1.165) is 19.4 Å². The second kappa shape index (κ2) is 5.81. The SMILES string of the molecule is CC1CCCNC1C(=O)Nc1cccc(F)c1C#N. The average molecular weight is 261 g/mol. The van der Waals surface area contributed by atoms with E-state index < -0.39 is 5.82 Å². The number of piperidine rings is 1. The lowest BCUT2D eigenvalue weighted by molar-refractivity contribution is -0.119. The van der Waals surface area contributed by atoms with Gasteiger partial charge >= 0.3 is 0 Å². The Morgan fingerprint density at radius 3 is 3.05 bits per heavy atom. The van der Waals surface area contributed by atoms with Crippen LogP contribution < -0.4 is 10.6 Å². The van der Waals surface area contributed by atoms with Crippen LogP contribution in [0.15, 0.2) is 18.2 Å². The number of hydrogen-bond acceptors (Lipinski definition) is 3. The summed E-state index contributed by atoms with van der Waals surface area (Å²) in [5.41, 5.74) is 0.103. The van der Waals surface area contributed by atoms with Crippen LogP contribution in [0.3, 0.4) is 0 Å². The molecule has 2 unspecified atom stereocenters. The molecule has 0 aliphatic carbocycles. The highest BCUT2D eigenvalue weighted by Crippen LogP contribution is 2.21. The van der Waals surface area contributed by atoms with Crippen molar-refractivity contribution in [3.63, 3.8) is 0 Å². The second-order valence-corrected chi connectivity index (χ2v) is 4.81. The van der Waals surface area contributed by atoms with Crippen molar-refractivity contribution in [1.29, 1.82) is 5.26 Å². The number of nitriles is 1. The molecule has 4 nitrogen and oxygen atoms in total. The highest BCUT2D eigenvalue weighted by Gasteiger charge is 2.27. The summed E-state index contributed by atoms with van der Waals surface area (Å²) in [5.74, 6) is -0.605. The number of benzene rings is 1. The predicted molar refractivity (Wildman–Crippen MR) is 69.9 cm³/mol. The Balaban J connectivity index is 2.15. The molecule has 1 aliphatic heterocycles. The number of carbonyl (C=O) groups is 1. The Bertz CT molecular complexity index is 524. The van der Waals surface area contributed by atoms with Crippen LogP contribution in [0.2, 0.25) is 0 Å². The molecule has 0 radical (unpaired) electrons. The Labute approximate surface area is 111 Å². The molecular weight excluding hydrogens is 245 g/mol. The Morgan fingerprint density at radius 1 is 1.58 bits per heavy atom. The molecule has 1 aromatic carbocycles. The van der Waals surface area contributed by atoms with Crippen molar-refractivity contribution >= 4 is 11.6 Å². The standard InChI is InChI=1S/C14H16FN3O/c1-9-4-3-7-17-13(9)14(19)18-12-6-2-5-11(15)10(12)8-16/h2,5-6,9,13,17H,3-4,7H2,1H3,(H,18,19). The molecule has 1 saturated heterocycles. The minimum Gasteiger partial charge on any atom is -0.323 e. The van der Waals surface area contributed by atoms with Gasteiger partial charge in [0.2, 0.25) is 5.91 Å². The monoisotopic (exact) mass is 261 g/mol. The van der Waals surface area contributed by atoms with E-state index in [1.165, 1.54) is 18.2 Å². The number of anilines is 1. The van der Waals surface area contributed by atoms with Crippen LogP contribution in [-0.4, -0.2) is 18.5 Å². The lowest BCUT2D eigenvalue weighted by Gasteiger charge is -2.29. The summed E-state index contributed by atoms with van der Waals surface area (Å²) in [6, 6.07) is 5.70. The van der Waals surface area contributed by atoms with Crippen molar-refractivity contribution in [3.8, 4) is 6.07 Å². The molecular formula is C14H16FN3O. The summed E-state index contributed by atoms with van der Waals surface area (Å²) in [6.45, 7) is 2.81. The topological polar surface area (TPSA) is 64.9 Å². The summed E-state index contributed by atoms with van der Waals surface area (Å²) in [4.78, 5) is 12.2. The number of rotatable bonds is 2. The van der Waals surface area contributed by atoms with Gasteiger partial charge in [-0.05, 0) is 37.4 Å². The average Bonchev–Trinajstić information content (AvgIpc) is 2.39. The van der Waals surface area contributed by atoms with Gasteiger partial charge < -0.3 is 10.6 Å². The van der Waals surface area contributed by atoms with Gasteiger partial charge in [0.05, 0.1) is 11.7 Å². The van der Waals surface area contributed by atoms with Gasteiger partial charge in [-0.3, -0.25) is 4.79 Å². The van der Waals surface area contributed by atoms with E-state index in [4.69, 9.17) is 5.26 Å². The predicted octanol–water partition coefficient (Wildman–Crippen LogP) is 2.02. The van der Waals surface area contributed by atoms with Crippen molar-refractivity contribution < 1.29 is 9.18 Å². The van der Waals surface area contributed by atoms with Crippen LogP contribution in [0.1, 0.15) is 25.3 Å². The normalized spacial score (nSPS) is 22.6. The lowest BCUT2D eigenvalue weighted by Crippen LogP contribution is -2.48. The lowest BCUT2D eigenvalue weighted by atomic mass is 9.92. The Kier molecular flexibility index (Phi) is 4.13. The van der Waals surface area contributed by atoms with Gasteiger partial charge in [0.25, 0.3) is 0 Å². The highest BCUT2D eigenvalue weighted by atomic mass is 19.1. The molecule has 5 heteroatoms. The first-order chi connectivity index (χ1) is 9.13. The fourth-order valence-electron chi connectivity index (χ4n) is 2.35. The molecule has 0 aromatic heterocycles. The van der Waals surface area contributed by atoms with E-state index >= 15 is 0 Å². The first-order valence-corrected chi connectivity index (χ1v) is 6.36. The maximum absolute atomic E-state index is 13.4. The first kappa shape index (κ1) is 13.5. The molecule has 0 saturated carbocycles. The van der Waals surface area contributed by atoms with Crippen LogP contribution in [0.5, 0.6) is 0 Å². The molecule has 0 bridgehead atoms. The van der Waals surface area contributed by atoms with Crippen molar-refractivity contribution in [1.82, 2.24) is 5.32 Å². The Morgan fingerprint density at radius 2 is 2.37 bits per heavy atom. The van der Waals surface area contributed by atoms with Crippen LogP contribution in [-0.2, 0) is 4.79 Å². The maximum atomic E-state index is 13.4. The van der Waals surface area contributed by atoms with E-state index in [1.54, 1.807) is 6.07 Å². The zero-order valence-electron chi connectivity index (χ0n) is 10.7. The molecule has 1 aromatic rings. The van der Waals surface area contributed by atoms with E-state index in [9.17, 15) is 9.18 Å². The van der Waals surface area contributed by atoms with Gasteiger partial charge in [-0.1, -0.05) is 13.0 Å². The third kappa shape index (κ3) is 2.91. The molecule has 2 atom stereocenters. The van der Waals surface area contributed by atoms with Gasteiger partial charge in [0, 0.05) is 0 Å². The fourth-order valence-corrected chi connectivity index (χ4v) is 2.35. The van der Waals surface area contributed by atoms with Crippen LogP contribution in [0.25, 0.3) is 0 Å². The molecule has 1 heterocycles. The Hall–Kier alpha value is -1.93. The number of amides is 1. The third-order valence-electron chi connectivity index (χ3n) is 3.44. The molecule has 2 rings (SSSR count). The summed E-state index contributed by atoms with van der Waals surface area (Å²) in [7, 11) is 0. The van der Waals surface area contributed by atoms with Gasteiger partial charge in [-0.15, -0.1) is 0 Å². The van der Waals surface area contributed by atoms with Crippen molar-refractivity contribution in [2.24, 2.45) is 5.92 Å². The zero-order valence-corrected chi connectivity index (χ0v) is 10.7. The minimum absolute atomic E-state index is 0.126. The van der Waals surface area contributed by atoms with Crippen molar-refractivity contribution in [2.75, 3.05) is 11.9 Å². The van der Waals surface area contributed by atoms with Gasteiger partial charge in [-0.25, -0.2) is 4.39 Å². The summed E-state index contributed by atoms with van der Waals surface area (Å²) >= 11 is 0. The van der Waals surface area contributed by atoms with Crippen molar-refractivity contribution in [2.45, 2.75) is 25.8 Å². The zero-order chi connectivity index (χ0) is 13.8. The molecule has 100 valence electrons. The largest absolute Gasteiger partial charge is 0.323 e. The fraction of sp³-hybridized carbons (Fsp3) is 0.429. The highest BCUT2D eigenvalue weighted by molar-refractivity contribution is 5.96. The van der Waals surface area contributed by atoms with Crippen LogP contribution >= 0.6 is 0 Å². The minimum atomic E-state index is -0.620. The molecule has 1 fully saturated rings. The molecule has 2 N–H and O–H groups in total. The van der Waals surface area contributed by atoms with E-state index in [2.05, 4.69) is 10.6 Å². The number of nitrogens with zero attached hydrogens (tertiary/aromatic N) is 1. The van der Waals surface area contributed by atoms with Gasteiger partial charge in [0.15, 0.2) is 0 Å². The van der Waals surface area contributed by atoms with Gasteiger partial charge in [-0.2, -0.15) is 5.26 Å². The van der Waals surface area contributed by atoms with Crippen LogP contribution in [0.4, 0.5) is 10.1 Å². The maximum Gasteiger partial charge on any atom is 0.241 e. The van der Waals surface area contributed by atoms with Gasteiger partial charge in [0.1, 0.15) is 17.4 Å². The number of hydrogen-bond donors (Lipinski definition) is 2. The molecule has 19 heavy (non-hydrogen) atoms. The van der Waals surface area contributed by atoms with E-state index in [0.29, 0.717) is 0 Å².